The lowest BCUT2D eigenvalue weighted by molar-refractivity contribution is 0.0900. The number of carbonyl (C=O) groups excluding carboxylic acids is 1. The number of hydrogen-bond donors (Lipinski definition) is 1. The van der Waals surface area contributed by atoms with Crippen LogP contribution in [0.3, 0.4) is 0 Å². The van der Waals surface area contributed by atoms with Crippen molar-refractivity contribution in [2.45, 2.75) is 25.3 Å². The molecule has 0 bridgehead atoms. The van der Waals surface area contributed by atoms with Gasteiger partial charge in [0.25, 0.3) is 5.91 Å². The van der Waals surface area contributed by atoms with Gasteiger partial charge < -0.3 is 14.6 Å². The molecule has 1 aromatic carbocycles. The zero-order valence-electron chi connectivity index (χ0n) is 15.2. The molecule has 1 aliphatic rings. The molecule has 1 aliphatic heterocycles. The molecule has 1 aromatic heterocycles. The van der Waals surface area contributed by atoms with E-state index in [1.54, 1.807) is 19.2 Å². The van der Waals surface area contributed by atoms with Crippen LogP contribution in [0.4, 0.5) is 8.78 Å². The molecular formula is C19H23F2N3O3. The van der Waals surface area contributed by atoms with Crippen LogP contribution in [0.25, 0.3) is 0 Å². The molecule has 0 aliphatic carbocycles. The van der Waals surface area contributed by atoms with Crippen LogP contribution in [0, 0.1) is 11.6 Å². The number of nitrogens with zero attached hydrogens (tertiary/aromatic N) is 2. The fraction of sp³-hybridized carbons (Fsp3) is 0.474. The molecule has 8 heteroatoms. The monoisotopic (exact) mass is 379 g/mol. The van der Waals surface area contributed by atoms with Crippen LogP contribution in [0.15, 0.2) is 28.8 Å². The number of halogens is 2. The maximum absolute atomic E-state index is 13.4. The van der Waals surface area contributed by atoms with E-state index in [9.17, 15) is 13.6 Å². The van der Waals surface area contributed by atoms with Crippen LogP contribution >= 0.6 is 0 Å². The Morgan fingerprint density at radius 1 is 1.37 bits per heavy atom. The van der Waals surface area contributed by atoms with Crippen molar-refractivity contribution < 1.29 is 22.8 Å². The van der Waals surface area contributed by atoms with Gasteiger partial charge in [-0.2, -0.15) is 0 Å². The number of aromatic nitrogens is 1. The van der Waals surface area contributed by atoms with E-state index in [2.05, 4.69) is 15.4 Å². The minimum atomic E-state index is -0.839. The molecule has 1 atom stereocenters. The minimum Gasteiger partial charge on any atom is -0.383 e. The lowest BCUT2D eigenvalue weighted by Gasteiger charge is -2.31. The van der Waals surface area contributed by atoms with Crippen molar-refractivity contribution in [2.24, 2.45) is 0 Å². The molecule has 1 saturated heterocycles. The summed E-state index contributed by atoms with van der Waals surface area (Å²) in [7, 11) is 1.56. The predicted molar refractivity (Wildman–Crippen MR) is 94.3 cm³/mol. The van der Waals surface area contributed by atoms with Gasteiger partial charge in [-0.25, -0.2) is 8.78 Å². The van der Waals surface area contributed by atoms with E-state index in [1.165, 1.54) is 6.07 Å². The summed E-state index contributed by atoms with van der Waals surface area (Å²) in [6, 6.07) is 5.66. The molecule has 1 fully saturated rings. The summed E-state index contributed by atoms with van der Waals surface area (Å²) in [6.45, 7) is 2.95. The van der Waals surface area contributed by atoms with Crippen molar-refractivity contribution >= 4 is 5.91 Å². The molecular weight excluding hydrogens is 356 g/mol. The topological polar surface area (TPSA) is 67.6 Å². The zero-order valence-corrected chi connectivity index (χ0v) is 15.2. The van der Waals surface area contributed by atoms with Crippen molar-refractivity contribution in [3.63, 3.8) is 0 Å². The van der Waals surface area contributed by atoms with Gasteiger partial charge in [0.15, 0.2) is 11.6 Å². The summed E-state index contributed by atoms with van der Waals surface area (Å²) < 4.78 is 36.6. The van der Waals surface area contributed by atoms with Crippen molar-refractivity contribution in [3.8, 4) is 0 Å². The summed E-state index contributed by atoms with van der Waals surface area (Å²) in [5.74, 6) is -1.68. The van der Waals surface area contributed by atoms with E-state index in [-0.39, 0.29) is 17.6 Å². The van der Waals surface area contributed by atoms with Gasteiger partial charge in [-0.3, -0.25) is 9.69 Å². The summed E-state index contributed by atoms with van der Waals surface area (Å²) in [6.07, 6.45) is 1.89. The molecule has 1 amide bonds. The first kappa shape index (κ1) is 19.4. The van der Waals surface area contributed by atoms with Crippen molar-refractivity contribution in [1.29, 1.82) is 0 Å². The molecule has 146 valence electrons. The quantitative estimate of drug-likeness (QED) is 0.750. The van der Waals surface area contributed by atoms with Gasteiger partial charge in [-0.1, -0.05) is 11.2 Å². The summed E-state index contributed by atoms with van der Waals surface area (Å²) in [5, 5.41) is 6.75. The summed E-state index contributed by atoms with van der Waals surface area (Å²) in [4.78, 5) is 14.2. The summed E-state index contributed by atoms with van der Waals surface area (Å²) >= 11 is 0. The lowest BCUT2D eigenvalue weighted by Crippen LogP contribution is -2.34. The SMILES string of the molecule is COCCNC(=O)c1cc([C@@H]2CCCN(Cc3ccc(F)c(F)c3)C2)no1. The maximum atomic E-state index is 13.4. The Bertz CT molecular complexity index is 781. The number of piperidine rings is 1. The molecule has 2 heterocycles. The first-order chi connectivity index (χ1) is 13.1. The Labute approximate surface area is 156 Å². The summed E-state index contributed by atoms with van der Waals surface area (Å²) in [5.41, 5.74) is 1.47. The van der Waals surface area contributed by atoms with E-state index in [1.807, 2.05) is 0 Å². The van der Waals surface area contributed by atoms with Gasteiger partial charge in [0.05, 0.1) is 12.3 Å². The Morgan fingerprint density at radius 3 is 3.00 bits per heavy atom. The lowest BCUT2D eigenvalue weighted by atomic mass is 9.94. The molecule has 0 unspecified atom stereocenters. The second-order valence-electron chi connectivity index (χ2n) is 6.69. The van der Waals surface area contributed by atoms with E-state index in [0.29, 0.717) is 19.7 Å². The van der Waals surface area contributed by atoms with Gasteiger partial charge in [0.1, 0.15) is 0 Å². The number of rotatable bonds is 7. The molecule has 27 heavy (non-hydrogen) atoms. The van der Waals surface area contributed by atoms with Crippen LogP contribution in [-0.2, 0) is 11.3 Å². The van der Waals surface area contributed by atoms with Crippen LogP contribution in [0.2, 0.25) is 0 Å². The zero-order chi connectivity index (χ0) is 19.2. The average Bonchev–Trinajstić information content (AvgIpc) is 3.15. The molecule has 0 saturated carbocycles. The second kappa shape index (κ2) is 9.05. The first-order valence-corrected chi connectivity index (χ1v) is 8.97. The fourth-order valence-corrected chi connectivity index (χ4v) is 3.28. The Hall–Kier alpha value is -2.32. The number of hydrogen-bond acceptors (Lipinski definition) is 5. The Morgan fingerprint density at radius 2 is 2.22 bits per heavy atom. The minimum absolute atomic E-state index is 0.133. The van der Waals surface area contributed by atoms with Gasteiger partial charge in [-0.15, -0.1) is 0 Å². The first-order valence-electron chi connectivity index (χ1n) is 8.97. The molecule has 0 spiro atoms. The molecule has 2 aromatic rings. The van der Waals surface area contributed by atoms with Crippen molar-refractivity contribution in [2.75, 3.05) is 33.4 Å². The predicted octanol–water partition coefficient (Wildman–Crippen LogP) is 2.71. The third-order valence-electron chi connectivity index (χ3n) is 4.66. The fourth-order valence-electron chi connectivity index (χ4n) is 3.28. The molecule has 3 rings (SSSR count). The van der Waals surface area contributed by atoms with Crippen LogP contribution in [0.5, 0.6) is 0 Å². The number of methoxy groups -OCH3 is 1. The highest BCUT2D eigenvalue weighted by Gasteiger charge is 2.25. The number of ether oxygens (including phenoxy) is 1. The normalized spacial score (nSPS) is 17.8. The van der Waals surface area contributed by atoms with Crippen LogP contribution in [0.1, 0.15) is 40.6 Å². The average molecular weight is 379 g/mol. The maximum Gasteiger partial charge on any atom is 0.289 e. The highest BCUT2D eigenvalue weighted by Crippen LogP contribution is 2.27. The van der Waals surface area contributed by atoms with E-state index < -0.39 is 11.6 Å². The van der Waals surface area contributed by atoms with Crippen LogP contribution in [-0.4, -0.2) is 49.3 Å². The van der Waals surface area contributed by atoms with Gasteiger partial charge in [-0.05, 0) is 37.1 Å². The van der Waals surface area contributed by atoms with Gasteiger partial charge in [0, 0.05) is 38.7 Å². The third kappa shape index (κ3) is 5.11. The Balaban J connectivity index is 1.59. The highest BCUT2D eigenvalue weighted by molar-refractivity contribution is 5.91. The van der Waals surface area contributed by atoms with Crippen molar-refractivity contribution in [1.82, 2.24) is 15.4 Å². The number of benzene rings is 1. The standard InChI is InChI=1S/C19H23F2N3O3/c1-26-8-6-22-19(25)18-10-17(23-27-18)14-3-2-7-24(12-14)11-13-4-5-15(20)16(21)9-13/h4-5,9-10,14H,2-3,6-8,11-12H2,1H3,(H,22,25)/t14-/m1/s1. The highest BCUT2D eigenvalue weighted by atomic mass is 19.2. The largest absolute Gasteiger partial charge is 0.383 e. The molecule has 1 N–H and O–H groups in total. The second-order valence-corrected chi connectivity index (χ2v) is 6.69. The van der Waals surface area contributed by atoms with Gasteiger partial charge >= 0.3 is 0 Å². The number of amides is 1. The number of carbonyl (C=O) groups is 1. The molecule has 6 nitrogen and oxygen atoms in total. The van der Waals surface area contributed by atoms with E-state index in [4.69, 9.17) is 9.26 Å². The third-order valence-corrected chi connectivity index (χ3v) is 4.66. The number of likely N-dealkylation sites (tertiary alicyclic amines) is 1. The van der Waals surface area contributed by atoms with Gasteiger partial charge in [0.2, 0.25) is 5.76 Å². The molecule has 0 radical (unpaired) electrons. The smallest absolute Gasteiger partial charge is 0.289 e. The van der Waals surface area contributed by atoms with E-state index in [0.717, 1.165) is 43.3 Å². The van der Waals surface area contributed by atoms with Crippen molar-refractivity contribution in [3.05, 3.63) is 52.9 Å². The Kier molecular flexibility index (Phi) is 6.52. The number of nitrogens with one attached hydrogen (secondary N) is 1. The van der Waals surface area contributed by atoms with E-state index >= 15 is 0 Å². The van der Waals surface area contributed by atoms with Crippen LogP contribution < -0.4 is 5.32 Å².